The molecule has 0 bridgehead atoms. The van der Waals surface area contributed by atoms with E-state index in [0.29, 0.717) is 23.2 Å². The summed E-state index contributed by atoms with van der Waals surface area (Å²) in [5, 5.41) is 19.5. The molecule has 1 aromatic rings. The van der Waals surface area contributed by atoms with Crippen LogP contribution in [0.5, 0.6) is 0 Å². The van der Waals surface area contributed by atoms with Crippen molar-refractivity contribution in [1.29, 1.82) is 0 Å². The Morgan fingerprint density at radius 1 is 0.862 bits per heavy atom. The predicted molar refractivity (Wildman–Crippen MR) is 123 cm³/mol. The van der Waals surface area contributed by atoms with Crippen LogP contribution in [-0.2, 0) is 20.6 Å². The van der Waals surface area contributed by atoms with Crippen molar-refractivity contribution in [2.75, 3.05) is 0 Å². The van der Waals surface area contributed by atoms with Gasteiger partial charge in [-0.1, -0.05) is 84.1 Å². The Morgan fingerprint density at radius 3 is 1.62 bits per heavy atom. The highest BCUT2D eigenvalue weighted by molar-refractivity contribution is 6.90. The molecule has 0 unspecified atom stereocenters. The predicted octanol–water partition coefficient (Wildman–Crippen LogP) is 5.08. The van der Waals surface area contributed by atoms with Crippen LogP contribution < -0.4 is 5.19 Å². The molecule has 0 heterocycles. The summed E-state index contributed by atoms with van der Waals surface area (Å²) in [5.74, 6) is -3.88. The van der Waals surface area contributed by atoms with Crippen LogP contribution in [0.4, 0.5) is 0 Å². The maximum atomic E-state index is 11.3. The van der Waals surface area contributed by atoms with Crippen LogP contribution in [0.15, 0.2) is 24.3 Å². The summed E-state index contributed by atoms with van der Waals surface area (Å²) in [6.07, 6.45) is 0. The highest BCUT2D eigenvalue weighted by Gasteiger charge is 2.45. The first-order valence-electron chi connectivity index (χ1n) is 10.4. The second kappa shape index (κ2) is 10.0. The van der Waals surface area contributed by atoms with E-state index in [1.54, 1.807) is 0 Å². The Kier molecular flexibility index (Phi) is 8.86. The molecule has 0 radical (unpaired) electrons. The van der Waals surface area contributed by atoms with E-state index < -0.39 is 34.2 Å². The Morgan fingerprint density at radius 2 is 1.28 bits per heavy atom. The maximum Gasteiger partial charge on any atom is 0.317 e. The number of carbonyl (C=O) groups is 2. The first-order valence-corrected chi connectivity index (χ1v) is 15.8. The van der Waals surface area contributed by atoms with Gasteiger partial charge in [0.05, 0.1) is 14.7 Å². The fourth-order valence-electron chi connectivity index (χ4n) is 4.67. The van der Waals surface area contributed by atoms with Gasteiger partial charge in [0, 0.05) is 0 Å². The Balaban J connectivity index is 2.98. The van der Waals surface area contributed by atoms with Gasteiger partial charge in [0.1, 0.15) is 0 Å². The first kappa shape index (κ1) is 25.6. The summed E-state index contributed by atoms with van der Waals surface area (Å²) in [5.41, 5.74) is 2.68. The van der Waals surface area contributed by atoms with Gasteiger partial charge in [-0.2, -0.15) is 0 Å². The number of carboxylic acids is 2. The summed E-state index contributed by atoms with van der Waals surface area (Å²) in [4.78, 5) is 22.6. The minimum absolute atomic E-state index is 0.178. The molecular weight excluding hydrogens is 400 g/mol. The largest absolute Gasteiger partial charge is 0.481 e. The van der Waals surface area contributed by atoms with Crippen LogP contribution in [-0.4, -0.2) is 38.5 Å². The monoisotopic (exact) mass is 438 g/mol. The van der Waals surface area contributed by atoms with E-state index in [-0.39, 0.29) is 6.04 Å². The van der Waals surface area contributed by atoms with Gasteiger partial charge in [0.2, 0.25) is 8.32 Å². The zero-order valence-corrected chi connectivity index (χ0v) is 21.2. The second-order valence-corrected chi connectivity index (χ2v) is 19.8. The molecule has 7 heteroatoms. The molecule has 0 saturated heterocycles. The van der Waals surface area contributed by atoms with E-state index in [9.17, 15) is 19.8 Å². The third-order valence-electron chi connectivity index (χ3n) is 6.24. The fourth-order valence-corrected chi connectivity index (χ4v) is 12.8. The molecule has 2 N–H and O–H groups in total. The Labute approximate surface area is 177 Å². The fraction of sp³-hybridized carbons (Fsp3) is 0.636. The lowest BCUT2D eigenvalue weighted by Crippen LogP contribution is -2.47. The molecular formula is C22H38O5Si2. The highest BCUT2D eigenvalue weighted by atomic mass is 28.4. The van der Waals surface area contributed by atoms with E-state index in [4.69, 9.17) is 4.43 Å². The number of carboxylic acid groups (broad SMARTS) is 2. The molecule has 5 nitrogen and oxygen atoms in total. The molecule has 0 saturated carbocycles. The van der Waals surface area contributed by atoms with Gasteiger partial charge >= 0.3 is 11.9 Å². The van der Waals surface area contributed by atoms with Crippen LogP contribution in [0.2, 0.25) is 35.8 Å². The van der Waals surface area contributed by atoms with Gasteiger partial charge < -0.3 is 14.6 Å². The van der Waals surface area contributed by atoms with Crippen molar-refractivity contribution in [3.05, 3.63) is 29.8 Å². The zero-order valence-electron chi connectivity index (χ0n) is 19.2. The third-order valence-corrected chi connectivity index (χ3v) is 15.6. The lowest BCUT2D eigenvalue weighted by Gasteiger charge is -2.42. The van der Waals surface area contributed by atoms with Gasteiger partial charge in [-0.15, -0.1) is 0 Å². The number of aliphatic carboxylic acids is 2. The molecule has 0 atom stereocenters. The van der Waals surface area contributed by atoms with Gasteiger partial charge in [-0.25, -0.2) is 0 Å². The van der Waals surface area contributed by atoms with Crippen LogP contribution in [0, 0.1) is 5.92 Å². The molecule has 164 valence electrons. The van der Waals surface area contributed by atoms with Crippen LogP contribution in [0.25, 0.3) is 0 Å². The molecule has 29 heavy (non-hydrogen) atoms. The summed E-state index contributed by atoms with van der Waals surface area (Å²) < 4.78 is 6.65. The van der Waals surface area contributed by atoms with Crippen LogP contribution in [0.3, 0.4) is 0 Å². The van der Waals surface area contributed by atoms with Crippen molar-refractivity contribution < 1.29 is 24.2 Å². The average molecular weight is 439 g/mol. The van der Waals surface area contributed by atoms with Gasteiger partial charge in [0.25, 0.3) is 0 Å². The van der Waals surface area contributed by atoms with Crippen molar-refractivity contribution in [3.63, 3.8) is 0 Å². The van der Waals surface area contributed by atoms with Crippen molar-refractivity contribution in [3.8, 4) is 0 Å². The minimum Gasteiger partial charge on any atom is -0.481 e. The van der Waals surface area contributed by atoms with E-state index >= 15 is 0 Å². The molecule has 1 rings (SSSR count). The van der Waals surface area contributed by atoms with E-state index in [0.717, 1.165) is 10.8 Å². The summed E-state index contributed by atoms with van der Waals surface area (Å²) >= 11 is 0. The molecule has 0 aromatic heterocycles. The smallest absolute Gasteiger partial charge is 0.317 e. The molecule has 0 aliphatic rings. The third kappa shape index (κ3) is 6.02. The van der Waals surface area contributed by atoms with Crippen molar-refractivity contribution in [2.45, 2.75) is 83.9 Å². The van der Waals surface area contributed by atoms with E-state index in [1.807, 2.05) is 37.4 Å². The zero-order chi connectivity index (χ0) is 22.6. The highest BCUT2D eigenvalue weighted by Crippen LogP contribution is 2.42. The number of hydrogen-bond acceptors (Lipinski definition) is 3. The molecule has 0 aliphatic carbocycles. The molecule has 0 spiro atoms. The average Bonchev–Trinajstić information content (AvgIpc) is 2.59. The van der Waals surface area contributed by atoms with Crippen molar-refractivity contribution in [1.82, 2.24) is 0 Å². The standard InChI is InChI=1S/C22H38O5Si2/c1-15(2)29(16(3)4,17(5)6)27-13-18-9-11-19(12-10-18)28(7,8)14-20(21(23)24)22(25)26/h9-12,15-17,20H,13-14H2,1-8H3,(H,23,24)(H,25,26). The van der Waals surface area contributed by atoms with Gasteiger partial charge in [0.15, 0.2) is 5.92 Å². The Hall–Kier alpha value is -1.45. The number of rotatable bonds is 11. The normalized spacial score (nSPS) is 13.0. The lowest BCUT2D eigenvalue weighted by molar-refractivity contribution is -0.153. The maximum absolute atomic E-state index is 11.3. The summed E-state index contributed by atoms with van der Waals surface area (Å²) in [6, 6.07) is 8.31. The molecule has 0 amide bonds. The van der Waals surface area contributed by atoms with E-state index in [2.05, 4.69) is 41.5 Å². The molecule has 1 aromatic carbocycles. The Bertz CT molecular complexity index is 660. The van der Waals surface area contributed by atoms with Gasteiger partial charge in [-0.3, -0.25) is 9.59 Å². The van der Waals surface area contributed by atoms with Crippen molar-refractivity contribution >= 4 is 33.5 Å². The molecule has 0 aliphatic heterocycles. The van der Waals surface area contributed by atoms with Gasteiger partial charge in [-0.05, 0) is 28.2 Å². The quantitative estimate of drug-likeness (QED) is 0.372. The molecule has 0 fully saturated rings. The first-order chi connectivity index (χ1) is 13.3. The van der Waals surface area contributed by atoms with E-state index in [1.165, 1.54) is 0 Å². The van der Waals surface area contributed by atoms with Crippen molar-refractivity contribution in [2.24, 2.45) is 5.92 Å². The topological polar surface area (TPSA) is 83.8 Å². The number of hydrogen-bond donors (Lipinski definition) is 2. The minimum atomic E-state index is -2.20. The lowest BCUT2D eigenvalue weighted by atomic mass is 10.2. The van der Waals surface area contributed by atoms with Crippen LogP contribution >= 0.6 is 0 Å². The number of benzene rings is 1. The second-order valence-electron chi connectivity index (χ2n) is 9.62. The summed E-state index contributed by atoms with van der Waals surface area (Å²) in [7, 11) is -4.13. The van der Waals surface area contributed by atoms with Crippen LogP contribution in [0.1, 0.15) is 47.1 Å². The SMILES string of the molecule is CC(C)[Si](OCc1ccc([Si](C)(C)CC(C(=O)O)C(=O)O)cc1)(C(C)C)C(C)C. The summed E-state index contributed by atoms with van der Waals surface area (Å²) in [6.45, 7) is 18.2.